The molecule has 0 bridgehead atoms. The van der Waals surface area contributed by atoms with Gasteiger partial charge in [0, 0.05) is 19.4 Å². The molecule has 0 fully saturated rings. The number of hydrogen-bond donors (Lipinski definition) is 2. The van der Waals surface area contributed by atoms with E-state index in [2.05, 4.69) is 17.4 Å². The van der Waals surface area contributed by atoms with E-state index in [0.717, 1.165) is 24.9 Å². The molecule has 0 heterocycles. The third-order valence-electron chi connectivity index (χ3n) is 3.57. The number of nitrogens with one attached hydrogen (secondary N) is 1. The van der Waals surface area contributed by atoms with Gasteiger partial charge in [-0.1, -0.05) is 6.07 Å². The minimum atomic E-state index is -0.469. The van der Waals surface area contributed by atoms with Crippen molar-refractivity contribution in [3.63, 3.8) is 0 Å². The molecule has 1 aliphatic carbocycles. The Morgan fingerprint density at radius 2 is 2.21 bits per heavy atom. The van der Waals surface area contributed by atoms with E-state index in [9.17, 15) is 4.79 Å². The number of methoxy groups -OCH3 is 1. The molecule has 4 nitrogen and oxygen atoms in total. The van der Waals surface area contributed by atoms with E-state index in [1.807, 2.05) is 6.07 Å². The standard InChI is InChI=1S/C15H22N2O2/c1-19-9-3-6-14(16)15(18)17-13-8-7-11-4-2-5-12(11)10-13/h7-8,10,14H,2-6,9,16H2,1H3,(H,17,18). The molecular formula is C15H22N2O2. The summed E-state index contributed by atoms with van der Waals surface area (Å²) in [6.45, 7) is 0.639. The van der Waals surface area contributed by atoms with Gasteiger partial charge in [-0.3, -0.25) is 4.79 Å². The summed E-state index contributed by atoms with van der Waals surface area (Å²) in [5.41, 5.74) is 9.46. The molecule has 0 aliphatic heterocycles. The molecule has 0 radical (unpaired) electrons. The third kappa shape index (κ3) is 3.78. The highest BCUT2D eigenvalue weighted by Gasteiger charge is 2.15. The van der Waals surface area contributed by atoms with Gasteiger partial charge in [0.25, 0.3) is 0 Å². The molecule has 0 saturated carbocycles. The van der Waals surface area contributed by atoms with Crippen LogP contribution in [0.5, 0.6) is 0 Å². The second-order valence-corrected chi connectivity index (χ2v) is 5.07. The first-order chi connectivity index (χ1) is 9.20. The molecule has 0 aromatic heterocycles. The number of hydrogen-bond acceptors (Lipinski definition) is 3. The molecule has 1 aromatic rings. The van der Waals surface area contributed by atoms with Crippen LogP contribution >= 0.6 is 0 Å². The minimum Gasteiger partial charge on any atom is -0.385 e. The number of benzene rings is 1. The van der Waals surface area contributed by atoms with Crippen LogP contribution in [0, 0.1) is 0 Å². The molecule has 0 spiro atoms. The van der Waals surface area contributed by atoms with Crippen LogP contribution in [0.25, 0.3) is 0 Å². The molecule has 3 N–H and O–H groups in total. The zero-order valence-electron chi connectivity index (χ0n) is 11.4. The lowest BCUT2D eigenvalue weighted by atomic mass is 10.1. The largest absolute Gasteiger partial charge is 0.385 e. The van der Waals surface area contributed by atoms with Gasteiger partial charge in [0.15, 0.2) is 0 Å². The second-order valence-electron chi connectivity index (χ2n) is 5.07. The number of aryl methyl sites for hydroxylation is 2. The molecule has 104 valence electrons. The summed E-state index contributed by atoms with van der Waals surface area (Å²) in [7, 11) is 1.65. The van der Waals surface area contributed by atoms with E-state index in [0.29, 0.717) is 13.0 Å². The van der Waals surface area contributed by atoms with Crippen molar-refractivity contribution in [2.24, 2.45) is 5.73 Å². The normalized spacial score (nSPS) is 15.1. The van der Waals surface area contributed by atoms with E-state index in [-0.39, 0.29) is 5.91 Å². The average molecular weight is 262 g/mol. The van der Waals surface area contributed by atoms with Crippen molar-refractivity contribution >= 4 is 11.6 Å². The van der Waals surface area contributed by atoms with Gasteiger partial charge < -0.3 is 15.8 Å². The van der Waals surface area contributed by atoms with E-state index in [1.165, 1.54) is 17.5 Å². The predicted octanol–water partition coefficient (Wildman–Crippen LogP) is 1.87. The van der Waals surface area contributed by atoms with Crippen molar-refractivity contribution in [2.75, 3.05) is 19.0 Å². The molecule has 1 unspecified atom stereocenters. The molecule has 1 atom stereocenters. The summed E-state index contributed by atoms with van der Waals surface area (Å²) in [4.78, 5) is 11.9. The van der Waals surface area contributed by atoms with Crippen LogP contribution in [0.1, 0.15) is 30.4 Å². The maximum Gasteiger partial charge on any atom is 0.241 e. The van der Waals surface area contributed by atoms with Crippen molar-refractivity contribution in [1.82, 2.24) is 0 Å². The fourth-order valence-electron chi connectivity index (χ4n) is 2.46. The van der Waals surface area contributed by atoms with Gasteiger partial charge in [-0.05, 0) is 55.4 Å². The lowest BCUT2D eigenvalue weighted by Crippen LogP contribution is -2.35. The maximum atomic E-state index is 11.9. The monoisotopic (exact) mass is 262 g/mol. The van der Waals surface area contributed by atoms with Gasteiger partial charge in [0.1, 0.15) is 0 Å². The molecular weight excluding hydrogens is 240 g/mol. The van der Waals surface area contributed by atoms with E-state index < -0.39 is 6.04 Å². The smallest absolute Gasteiger partial charge is 0.241 e. The highest BCUT2D eigenvalue weighted by Crippen LogP contribution is 2.24. The summed E-state index contributed by atoms with van der Waals surface area (Å²) in [5, 5.41) is 2.89. The van der Waals surface area contributed by atoms with Gasteiger partial charge in [0.2, 0.25) is 5.91 Å². The topological polar surface area (TPSA) is 64.3 Å². The molecule has 4 heteroatoms. The Labute approximate surface area is 114 Å². The van der Waals surface area contributed by atoms with Crippen molar-refractivity contribution in [3.05, 3.63) is 29.3 Å². The van der Waals surface area contributed by atoms with Crippen LogP contribution < -0.4 is 11.1 Å². The zero-order valence-corrected chi connectivity index (χ0v) is 11.4. The first-order valence-corrected chi connectivity index (χ1v) is 6.88. The first kappa shape index (κ1) is 14.0. The summed E-state index contributed by atoms with van der Waals surface area (Å²) in [6, 6.07) is 5.67. The fraction of sp³-hybridized carbons (Fsp3) is 0.533. The number of ether oxygens (including phenoxy) is 1. The molecule has 1 amide bonds. The van der Waals surface area contributed by atoms with Crippen LogP contribution in [0.4, 0.5) is 5.69 Å². The Kier molecular flexibility index (Phi) is 4.93. The Hall–Kier alpha value is -1.39. The van der Waals surface area contributed by atoms with Gasteiger partial charge in [-0.2, -0.15) is 0 Å². The lowest BCUT2D eigenvalue weighted by Gasteiger charge is -2.12. The Morgan fingerprint density at radius 3 is 3.00 bits per heavy atom. The molecule has 1 aliphatic rings. The summed E-state index contributed by atoms with van der Waals surface area (Å²) in [6.07, 6.45) is 4.92. The Morgan fingerprint density at radius 1 is 1.42 bits per heavy atom. The second kappa shape index (κ2) is 6.68. The molecule has 19 heavy (non-hydrogen) atoms. The van der Waals surface area contributed by atoms with E-state index >= 15 is 0 Å². The third-order valence-corrected chi connectivity index (χ3v) is 3.57. The van der Waals surface area contributed by atoms with E-state index in [4.69, 9.17) is 10.5 Å². The zero-order chi connectivity index (χ0) is 13.7. The fourth-order valence-corrected chi connectivity index (χ4v) is 2.46. The van der Waals surface area contributed by atoms with Gasteiger partial charge in [0.05, 0.1) is 6.04 Å². The minimum absolute atomic E-state index is 0.117. The highest BCUT2D eigenvalue weighted by atomic mass is 16.5. The highest BCUT2D eigenvalue weighted by molar-refractivity contribution is 5.94. The van der Waals surface area contributed by atoms with Crippen LogP contribution in [0.3, 0.4) is 0 Å². The molecule has 1 aromatic carbocycles. The first-order valence-electron chi connectivity index (χ1n) is 6.88. The number of fused-ring (bicyclic) bond motifs is 1. The predicted molar refractivity (Wildman–Crippen MR) is 76.2 cm³/mol. The van der Waals surface area contributed by atoms with Crippen molar-refractivity contribution < 1.29 is 9.53 Å². The van der Waals surface area contributed by atoms with Crippen LogP contribution in [-0.4, -0.2) is 25.7 Å². The van der Waals surface area contributed by atoms with E-state index in [1.54, 1.807) is 7.11 Å². The molecule has 0 saturated heterocycles. The number of rotatable bonds is 6. The van der Waals surface area contributed by atoms with Crippen LogP contribution in [0.2, 0.25) is 0 Å². The van der Waals surface area contributed by atoms with Crippen molar-refractivity contribution in [3.8, 4) is 0 Å². The quantitative estimate of drug-likeness (QED) is 0.769. The number of nitrogens with two attached hydrogens (primary N) is 1. The van der Waals surface area contributed by atoms with Crippen LogP contribution in [-0.2, 0) is 22.4 Å². The van der Waals surface area contributed by atoms with Gasteiger partial charge >= 0.3 is 0 Å². The SMILES string of the molecule is COCCCC(N)C(=O)Nc1ccc2c(c1)CCC2. The number of carbonyl (C=O) groups excluding carboxylic acids is 1. The average Bonchev–Trinajstić information content (AvgIpc) is 2.86. The van der Waals surface area contributed by atoms with Crippen molar-refractivity contribution in [2.45, 2.75) is 38.1 Å². The Balaban J connectivity index is 1.88. The lowest BCUT2D eigenvalue weighted by molar-refractivity contribution is -0.117. The van der Waals surface area contributed by atoms with Crippen molar-refractivity contribution in [1.29, 1.82) is 0 Å². The molecule has 2 rings (SSSR count). The summed E-state index contributed by atoms with van der Waals surface area (Å²) < 4.78 is 4.95. The Bertz CT molecular complexity index is 446. The van der Waals surface area contributed by atoms with Gasteiger partial charge in [-0.25, -0.2) is 0 Å². The summed E-state index contributed by atoms with van der Waals surface area (Å²) >= 11 is 0. The van der Waals surface area contributed by atoms with Crippen LogP contribution in [0.15, 0.2) is 18.2 Å². The van der Waals surface area contributed by atoms with Gasteiger partial charge in [-0.15, -0.1) is 0 Å². The maximum absolute atomic E-state index is 11.9. The summed E-state index contributed by atoms with van der Waals surface area (Å²) in [5.74, 6) is -0.117. The number of amides is 1. The number of carbonyl (C=O) groups is 1. The number of anilines is 1.